The molecule has 3 unspecified atom stereocenters. The molecule has 0 N–H and O–H groups in total. The van der Waals surface area contributed by atoms with E-state index in [1.807, 2.05) is 0 Å². The van der Waals surface area contributed by atoms with Gasteiger partial charge in [0, 0.05) is 38.8 Å². The lowest BCUT2D eigenvalue weighted by Crippen LogP contribution is -2.47. The zero-order chi connectivity index (χ0) is 38.0. The lowest BCUT2D eigenvalue weighted by Gasteiger charge is -2.52. The van der Waals surface area contributed by atoms with Crippen molar-refractivity contribution >= 4 is 49.6 Å². The van der Waals surface area contributed by atoms with E-state index < -0.39 is 0 Å². The molecule has 0 amide bonds. The summed E-state index contributed by atoms with van der Waals surface area (Å²) < 4.78 is 2.48. The molecule has 0 radical (unpaired) electrons. The fourth-order valence-corrected chi connectivity index (χ4v) is 13.0. The van der Waals surface area contributed by atoms with Gasteiger partial charge in [-0.2, -0.15) is 0 Å². The molecule has 58 heavy (non-hydrogen) atoms. The van der Waals surface area contributed by atoms with Crippen LogP contribution < -0.4 is 4.90 Å². The van der Waals surface area contributed by atoms with Crippen molar-refractivity contribution in [2.75, 3.05) is 4.90 Å². The lowest BCUT2D eigenvalue weighted by atomic mass is 9.53. The van der Waals surface area contributed by atoms with Crippen molar-refractivity contribution in [1.82, 2.24) is 4.57 Å². The zero-order valence-corrected chi connectivity index (χ0v) is 32.5. The third-order valence-corrected chi connectivity index (χ3v) is 15.2. The number of hydrogen-bond donors (Lipinski definition) is 0. The molecule has 6 atom stereocenters. The van der Waals surface area contributed by atoms with Gasteiger partial charge in [-0.1, -0.05) is 140 Å². The maximum atomic E-state index is 2.56. The second-order valence-electron chi connectivity index (χ2n) is 17.8. The van der Waals surface area contributed by atoms with Gasteiger partial charge in [0.25, 0.3) is 0 Å². The number of para-hydroxylation sites is 3. The molecule has 1 heterocycles. The SMILES string of the molecule is c1ccc(-c2ccc(N(c3ccc(-c4ccccc4-n4c5ccccc5c5c6ccccc6ccc54)cc3)c3ccccc3[C@]34CC5C[C@H]6C[C@H](C3)C6C54)cc2)cc1. The van der Waals surface area contributed by atoms with Crippen LogP contribution in [0, 0.1) is 29.6 Å². The van der Waals surface area contributed by atoms with E-state index in [4.69, 9.17) is 0 Å². The van der Waals surface area contributed by atoms with E-state index in [2.05, 4.69) is 198 Å². The first-order chi connectivity index (χ1) is 28.7. The molecule has 4 saturated carbocycles. The van der Waals surface area contributed by atoms with Crippen LogP contribution in [0.3, 0.4) is 0 Å². The van der Waals surface area contributed by atoms with Gasteiger partial charge in [0.2, 0.25) is 0 Å². The highest BCUT2D eigenvalue weighted by Gasteiger charge is 2.73. The Kier molecular flexibility index (Phi) is 6.94. The summed E-state index contributed by atoms with van der Waals surface area (Å²) in [6, 6.07) is 70.1. The van der Waals surface area contributed by atoms with Gasteiger partial charge in [-0.15, -0.1) is 0 Å². The number of benzene rings is 8. The van der Waals surface area contributed by atoms with E-state index in [1.54, 1.807) is 5.56 Å². The van der Waals surface area contributed by atoms with Gasteiger partial charge in [0.15, 0.2) is 0 Å². The van der Waals surface area contributed by atoms with Crippen molar-refractivity contribution in [3.05, 3.63) is 194 Å². The van der Waals surface area contributed by atoms with Crippen LogP contribution in [-0.4, -0.2) is 4.57 Å². The number of aromatic nitrogens is 1. The molecule has 2 heteroatoms. The number of fused-ring (bicyclic) bond motifs is 5. The summed E-state index contributed by atoms with van der Waals surface area (Å²) in [6.07, 6.45) is 5.70. The smallest absolute Gasteiger partial charge is 0.0547 e. The summed E-state index contributed by atoms with van der Waals surface area (Å²) in [7, 11) is 0. The highest BCUT2D eigenvalue weighted by molar-refractivity contribution is 6.21. The Labute approximate surface area is 340 Å². The third kappa shape index (κ3) is 4.55. The van der Waals surface area contributed by atoms with Gasteiger partial charge in [-0.3, -0.25) is 0 Å². The highest BCUT2D eigenvalue weighted by atomic mass is 15.1. The monoisotopic (exact) mass is 744 g/mol. The molecule has 0 aliphatic heterocycles. The first-order valence-electron chi connectivity index (χ1n) is 21.4. The lowest BCUT2D eigenvalue weighted by molar-refractivity contribution is 0.0688. The molecular formula is C56H44N2. The molecule has 1 aromatic heterocycles. The number of rotatable bonds is 7. The summed E-state index contributed by atoms with van der Waals surface area (Å²) in [4.78, 5) is 2.56. The van der Waals surface area contributed by atoms with Crippen LogP contribution in [0.4, 0.5) is 17.1 Å². The Bertz CT molecular complexity index is 3050. The molecule has 4 aliphatic rings. The van der Waals surface area contributed by atoms with Gasteiger partial charge in [0.1, 0.15) is 0 Å². The summed E-state index contributed by atoms with van der Waals surface area (Å²) >= 11 is 0. The van der Waals surface area contributed by atoms with Crippen molar-refractivity contribution in [3.8, 4) is 27.9 Å². The van der Waals surface area contributed by atoms with Crippen LogP contribution in [-0.2, 0) is 5.41 Å². The van der Waals surface area contributed by atoms with E-state index in [1.165, 1.54) is 103 Å². The van der Waals surface area contributed by atoms with E-state index in [0.717, 1.165) is 29.6 Å². The summed E-state index contributed by atoms with van der Waals surface area (Å²) in [5, 5.41) is 5.16. The molecule has 13 rings (SSSR count). The van der Waals surface area contributed by atoms with Crippen LogP contribution >= 0.6 is 0 Å². The minimum absolute atomic E-state index is 0.316. The molecular weight excluding hydrogens is 701 g/mol. The van der Waals surface area contributed by atoms with E-state index in [0.29, 0.717) is 5.41 Å². The maximum Gasteiger partial charge on any atom is 0.0547 e. The van der Waals surface area contributed by atoms with E-state index in [9.17, 15) is 0 Å². The number of nitrogens with zero attached hydrogens (tertiary/aromatic N) is 2. The normalized spacial score (nSPS) is 23.8. The van der Waals surface area contributed by atoms with Gasteiger partial charge >= 0.3 is 0 Å². The standard InChI is InChI=1S/C56H44N2/c1-2-12-36(13-3-1)37-22-27-43(28-23-37)57(51-21-11-8-18-48(51)56-34-41-32-40-33-42(35-56)55(56)53(40)41)44-29-24-39(25-30-44)45-15-6-9-19-49(45)58-50-20-10-7-17-47(50)54-46-16-5-4-14-38(46)26-31-52(54)58/h1-31,40-42,53,55H,32-35H2/t40-,41-,42?,53?,55?,56-/m1/s1. The second-order valence-corrected chi connectivity index (χ2v) is 17.8. The fourth-order valence-electron chi connectivity index (χ4n) is 13.0. The average molecular weight is 745 g/mol. The number of hydrogen-bond acceptors (Lipinski definition) is 1. The Hall–Kier alpha value is -6.38. The van der Waals surface area contributed by atoms with Gasteiger partial charge in [0.05, 0.1) is 16.7 Å². The van der Waals surface area contributed by atoms with E-state index >= 15 is 0 Å². The zero-order valence-electron chi connectivity index (χ0n) is 32.5. The summed E-state index contributed by atoms with van der Waals surface area (Å²) in [5.74, 6) is 4.70. The van der Waals surface area contributed by atoms with Crippen LogP contribution in [0.25, 0.3) is 60.5 Å². The highest BCUT2D eigenvalue weighted by Crippen LogP contribution is 2.79. The molecule has 0 saturated heterocycles. The predicted octanol–water partition coefficient (Wildman–Crippen LogP) is 14.7. The molecule has 0 bridgehead atoms. The Balaban J connectivity index is 0.947. The Morgan fingerprint density at radius 2 is 1.10 bits per heavy atom. The second kappa shape index (κ2) is 12.3. The Morgan fingerprint density at radius 3 is 1.95 bits per heavy atom. The van der Waals surface area contributed by atoms with E-state index in [-0.39, 0.29) is 0 Å². The van der Waals surface area contributed by atoms with Crippen LogP contribution in [0.15, 0.2) is 188 Å². The van der Waals surface area contributed by atoms with Gasteiger partial charge in [-0.25, -0.2) is 0 Å². The minimum Gasteiger partial charge on any atom is -0.310 e. The molecule has 9 aromatic rings. The van der Waals surface area contributed by atoms with Crippen LogP contribution in [0.5, 0.6) is 0 Å². The first-order valence-corrected chi connectivity index (χ1v) is 21.4. The Morgan fingerprint density at radius 1 is 0.466 bits per heavy atom. The molecule has 4 aliphatic carbocycles. The van der Waals surface area contributed by atoms with Crippen molar-refractivity contribution in [2.24, 2.45) is 29.6 Å². The van der Waals surface area contributed by atoms with Gasteiger partial charge < -0.3 is 9.47 Å². The van der Waals surface area contributed by atoms with Crippen molar-refractivity contribution in [3.63, 3.8) is 0 Å². The van der Waals surface area contributed by atoms with Gasteiger partial charge in [-0.05, 0) is 137 Å². The molecule has 278 valence electrons. The quantitative estimate of drug-likeness (QED) is 0.158. The first kappa shape index (κ1) is 32.7. The summed E-state index contributed by atoms with van der Waals surface area (Å²) in [6.45, 7) is 0. The fraction of sp³-hybridized carbons (Fsp3) is 0.179. The molecule has 0 spiro atoms. The largest absolute Gasteiger partial charge is 0.310 e. The predicted molar refractivity (Wildman–Crippen MR) is 241 cm³/mol. The van der Waals surface area contributed by atoms with Crippen molar-refractivity contribution < 1.29 is 0 Å². The van der Waals surface area contributed by atoms with Crippen molar-refractivity contribution in [1.29, 1.82) is 0 Å². The summed E-state index contributed by atoms with van der Waals surface area (Å²) in [5.41, 5.74) is 14.2. The van der Waals surface area contributed by atoms with Crippen LogP contribution in [0.2, 0.25) is 0 Å². The molecule has 8 aromatic carbocycles. The van der Waals surface area contributed by atoms with Crippen molar-refractivity contribution in [2.45, 2.75) is 31.1 Å². The average Bonchev–Trinajstić information content (AvgIpc) is 3.81. The molecule has 2 nitrogen and oxygen atoms in total. The van der Waals surface area contributed by atoms with Crippen LogP contribution in [0.1, 0.15) is 31.2 Å². The molecule has 4 fully saturated rings. The number of anilines is 3. The maximum absolute atomic E-state index is 2.56. The third-order valence-electron chi connectivity index (χ3n) is 15.2. The minimum atomic E-state index is 0.316. The topological polar surface area (TPSA) is 8.17 Å².